The number of anilines is 1. The largest absolute Gasteiger partial charge is 0.345 e. The summed E-state index contributed by atoms with van der Waals surface area (Å²) in [6.07, 6.45) is 0. The zero-order valence-corrected chi connectivity index (χ0v) is 18.1. The van der Waals surface area contributed by atoms with Gasteiger partial charge < -0.3 is 9.80 Å². The number of thiazole rings is 1. The topological polar surface area (TPSA) is 123 Å². The lowest BCUT2D eigenvalue weighted by atomic mass is 10.2. The fraction of sp³-hybridized carbons (Fsp3) is 0.200. The Balaban J connectivity index is 1.29. The molecule has 0 radical (unpaired) electrons. The second kappa shape index (κ2) is 7.80. The van der Waals surface area contributed by atoms with Crippen LogP contribution in [-0.2, 0) is 0 Å². The molecule has 32 heavy (non-hydrogen) atoms. The molecule has 0 bridgehead atoms. The van der Waals surface area contributed by atoms with Crippen LogP contribution >= 0.6 is 22.7 Å². The van der Waals surface area contributed by atoms with Crippen molar-refractivity contribution in [3.05, 3.63) is 67.6 Å². The summed E-state index contributed by atoms with van der Waals surface area (Å²) in [6, 6.07) is 10.9. The van der Waals surface area contributed by atoms with E-state index >= 15 is 0 Å². The molecule has 5 rings (SSSR count). The summed E-state index contributed by atoms with van der Waals surface area (Å²) in [7, 11) is 0. The average molecular weight is 470 g/mol. The van der Waals surface area contributed by atoms with Gasteiger partial charge in [0.1, 0.15) is 0 Å². The lowest BCUT2D eigenvalue weighted by molar-refractivity contribution is -0.384. The number of benzene rings is 2. The molecule has 0 saturated carbocycles. The molecule has 1 saturated heterocycles. The van der Waals surface area contributed by atoms with Crippen molar-refractivity contribution in [2.24, 2.45) is 0 Å². The Morgan fingerprint density at radius 2 is 1.56 bits per heavy atom. The van der Waals surface area contributed by atoms with Gasteiger partial charge in [-0.05, 0) is 18.2 Å². The molecule has 0 unspecified atom stereocenters. The van der Waals surface area contributed by atoms with Crippen LogP contribution in [0.25, 0.3) is 20.3 Å². The maximum absolute atomic E-state index is 13.0. The van der Waals surface area contributed by atoms with Gasteiger partial charge in [-0.2, -0.15) is 0 Å². The van der Waals surface area contributed by atoms with E-state index in [1.807, 2.05) is 0 Å². The maximum atomic E-state index is 13.0. The van der Waals surface area contributed by atoms with E-state index in [0.717, 1.165) is 14.5 Å². The Bertz CT molecular complexity index is 1390. The van der Waals surface area contributed by atoms with Crippen LogP contribution < -0.4 is 4.90 Å². The van der Waals surface area contributed by atoms with Gasteiger partial charge in [-0.1, -0.05) is 11.3 Å². The van der Waals surface area contributed by atoms with Crippen molar-refractivity contribution < 1.29 is 14.6 Å². The molecular formula is C20H15N5O5S2. The molecule has 0 N–H and O–H groups in total. The van der Waals surface area contributed by atoms with Gasteiger partial charge in [0, 0.05) is 60.5 Å². The summed E-state index contributed by atoms with van der Waals surface area (Å²) in [5, 5.41) is 23.4. The van der Waals surface area contributed by atoms with Crippen LogP contribution in [0.4, 0.5) is 16.5 Å². The Hall–Kier alpha value is -3.64. The molecule has 0 atom stereocenters. The van der Waals surface area contributed by atoms with Crippen molar-refractivity contribution in [3.8, 4) is 0 Å². The number of carbonyl (C=O) groups excluding carboxylic acids is 1. The highest BCUT2D eigenvalue weighted by molar-refractivity contribution is 7.22. The summed E-state index contributed by atoms with van der Waals surface area (Å²) in [4.78, 5) is 43.1. The van der Waals surface area contributed by atoms with Crippen molar-refractivity contribution in [1.29, 1.82) is 0 Å². The summed E-state index contributed by atoms with van der Waals surface area (Å²) in [5.74, 6) is -0.0894. The number of nitrogens with zero attached hydrogens (tertiary/aromatic N) is 5. The molecule has 0 aliphatic carbocycles. The molecule has 10 nitrogen and oxygen atoms in total. The van der Waals surface area contributed by atoms with E-state index in [0.29, 0.717) is 42.0 Å². The van der Waals surface area contributed by atoms with Crippen molar-refractivity contribution in [1.82, 2.24) is 9.88 Å². The molecule has 162 valence electrons. The average Bonchev–Trinajstić information content (AvgIpc) is 3.41. The number of non-ortho nitro benzene ring substituents is 2. The van der Waals surface area contributed by atoms with Crippen molar-refractivity contribution in [2.45, 2.75) is 0 Å². The monoisotopic (exact) mass is 469 g/mol. The molecule has 2 aromatic heterocycles. The predicted octanol–water partition coefficient (Wildman–Crippen LogP) is 4.29. The zero-order valence-electron chi connectivity index (χ0n) is 16.5. The smallest absolute Gasteiger partial charge is 0.270 e. The third-order valence-electron chi connectivity index (χ3n) is 5.33. The molecule has 1 aliphatic heterocycles. The van der Waals surface area contributed by atoms with E-state index in [1.54, 1.807) is 23.1 Å². The van der Waals surface area contributed by atoms with Gasteiger partial charge in [0.15, 0.2) is 5.13 Å². The number of aromatic nitrogens is 1. The van der Waals surface area contributed by atoms with E-state index in [-0.39, 0.29) is 17.3 Å². The van der Waals surface area contributed by atoms with Crippen LogP contribution in [0.1, 0.15) is 9.67 Å². The number of thiophene rings is 1. The first-order valence-electron chi connectivity index (χ1n) is 9.66. The Kier molecular flexibility index (Phi) is 4.94. The minimum absolute atomic E-state index is 0.00378. The van der Waals surface area contributed by atoms with Crippen LogP contribution in [0.15, 0.2) is 42.5 Å². The zero-order chi connectivity index (χ0) is 22.4. The van der Waals surface area contributed by atoms with Crippen LogP contribution in [0, 0.1) is 20.2 Å². The lowest BCUT2D eigenvalue weighted by Crippen LogP contribution is -2.48. The van der Waals surface area contributed by atoms with Gasteiger partial charge in [0.2, 0.25) is 0 Å². The second-order valence-electron chi connectivity index (χ2n) is 7.27. The molecule has 1 aliphatic rings. The van der Waals surface area contributed by atoms with E-state index in [9.17, 15) is 25.0 Å². The number of carbonyl (C=O) groups is 1. The first kappa shape index (κ1) is 20.3. The van der Waals surface area contributed by atoms with Crippen molar-refractivity contribution >= 4 is 65.4 Å². The van der Waals surface area contributed by atoms with Crippen LogP contribution in [0.5, 0.6) is 0 Å². The first-order valence-corrected chi connectivity index (χ1v) is 11.3. The first-order chi connectivity index (χ1) is 15.4. The van der Waals surface area contributed by atoms with Gasteiger partial charge in [-0.25, -0.2) is 4.98 Å². The molecular weight excluding hydrogens is 454 g/mol. The second-order valence-corrected chi connectivity index (χ2v) is 9.37. The quantitative estimate of drug-likeness (QED) is 0.323. The Morgan fingerprint density at radius 3 is 2.28 bits per heavy atom. The Morgan fingerprint density at radius 1 is 0.875 bits per heavy atom. The standard InChI is InChI=1S/C20H15N5O5S2/c26-19(18-10-12-9-13(24(27)28)2-4-16(12)31-18)22-5-7-23(8-6-22)20-21-15-3-1-14(25(29)30)11-17(15)32-20/h1-4,9-11H,5-8H2. The number of piperazine rings is 1. The highest BCUT2D eigenvalue weighted by atomic mass is 32.1. The van der Waals surface area contributed by atoms with Crippen LogP contribution in [0.2, 0.25) is 0 Å². The number of hydrogen-bond acceptors (Lipinski definition) is 9. The number of nitro benzene ring substituents is 2. The molecule has 1 fully saturated rings. The van der Waals surface area contributed by atoms with Gasteiger partial charge >= 0.3 is 0 Å². The summed E-state index contributed by atoms with van der Waals surface area (Å²) in [6.45, 7) is 2.24. The van der Waals surface area contributed by atoms with Crippen LogP contribution in [-0.4, -0.2) is 51.8 Å². The fourth-order valence-electron chi connectivity index (χ4n) is 3.66. The van der Waals surface area contributed by atoms with Gasteiger partial charge in [-0.15, -0.1) is 11.3 Å². The minimum atomic E-state index is -0.446. The fourth-order valence-corrected chi connectivity index (χ4v) is 5.72. The van der Waals surface area contributed by atoms with E-state index in [2.05, 4.69) is 9.88 Å². The highest BCUT2D eigenvalue weighted by Crippen LogP contribution is 2.33. The molecule has 2 aromatic carbocycles. The van der Waals surface area contributed by atoms with Gasteiger partial charge in [0.25, 0.3) is 17.3 Å². The van der Waals surface area contributed by atoms with E-state index in [1.165, 1.54) is 46.9 Å². The lowest BCUT2D eigenvalue weighted by Gasteiger charge is -2.34. The summed E-state index contributed by atoms with van der Waals surface area (Å²) < 4.78 is 1.59. The molecule has 0 spiro atoms. The number of rotatable bonds is 4. The van der Waals surface area contributed by atoms with Crippen molar-refractivity contribution in [2.75, 3.05) is 31.1 Å². The Labute approximate surface area is 188 Å². The SMILES string of the molecule is O=C(c1cc2cc([N+](=O)[O-])ccc2s1)N1CCN(c2nc3ccc([N+](=O)[O-])cc3s2)CC1. The number of fused-ring (bicyclic) bond motifs is 2. The van der Waals surface area contributed by atoms with E-state index in [4.69, 9.17) is 0 Å². The van der Waals surface area contributed by atoms with Gasteiger partial charge in [0.05, 0.1) is 24.9 Å². The molecule has 3 heterocycles. The minimum Gasteiger partial charge on any atom is -0.345 e. The van der Waals surface area contributed by atoms with Crippen LogP contribution in [0.3, 0.4) is 0 Å². The normalized spacial score (nSPS) is 14.2. The van der Waals surface area contributed by atoms with Gasteiger partial charge in [-0.3, -0.25) is 25.0 Å². The van der Waals surface area contributed by atoms with Crippen molar-refractivity contribution in [3.63, 3.8) is 0 Å². The number of amides is 1. The molecule has 1 amide bonds. The third-order valence-corrected chi connectivity index (χ3v) is 7.51. The molecule has 4 aromatic rings. The number of nitro groups is 2. The predicted molar refractivity (Wildman–Crippen MR) is 123 cm³/mol. The molecule has 12 heteroatoms. The summed E-state index contributed by atoms with van der Waals surface area (Å²) in [5.41, 5.74) is 0.759. The number of hydrogen-bond donors (Lipinski definition) is 0. The van der Waals surface area contributed by atoms with E-state index < -0.39 is 9.85 Å². The maximum Gasteiger partial charge on any atom is 0.270 e. The highest BCUT2D eigenvalue weighted by Gasteiger charge is 2.25. The summed E-state index contributed by atoms with van der Waals surface area (Å²) >= 11 is 2.73. The third kappa shape index (κ3) is 3.63.